The van der Waals surface area contributed by atoms with Gasteiger partial charge in [-0.2, -0.15) is 0 Å². The Morgan fingerprint density at radius 1 is 0.843 bits per heavy atom. The lowest BCUT2D eigenvalue weighted by molar-refractivity contribution is -0.120. The van der Waals surface area contributed by atoms with Gasteiger partial charge in [-0.05, 0) is 67.1 Å². The van der Waals surface area contributed by atoms with E-state index in [0.29, 0.717) is 85.5 Å². The van der Waals surface area contributed by atoms with Crippen molar-refractivity contribution in [3.05, 3.63) is 71.6 Å². The summed E-state index contributed by atoms with van der Waals surface area (Å²) in [6.07, 6.45) is 9.66. The van der Waals surface area contributed by atoms with Gasteiger partial charge in [0.25, 0.3) is 0 Å². The average molecular weight is 715 g/mol. The van der Waals surface area contributed by atoms with Gasteiger partial charge in [-0.15, -0.1) is 0 Å². The summed E-state index contributed by atoms with van der Waals surface area (Å²) in [6.45, 7) is 3.34. The van der Waals surface area contributed by atoms with Gasteiger partial charge in [0, 0.05) is 86.6 Å². The monoisotopic (exact) mass is 714 g/mol. The minimum absolute atomic E-state index is 0.0138. The van der Waals surface area contributed by atoms with E-state index in [9.17, 15) is 28.8 Å². The first-order valence-corrected chi connectivity index (χ1v) is 17.5. The van der Waals surface area contributed by atoms with Gasteiger partial charge in [-0.3, -0.25) is 18.8 Å². The highest BCUT2D eigenvalue weighted by Gasteiger charge is 2.37. The van der Waals surface area contributed by atoms with E-state index >= 15 is 4.39 Å². The molecule has 8 rings (SSSR count). The number of imidazole rings is 1. The third-order valence-electron chi connectivity index (χ3n) is 10.3. The van der Waals surface area contributed by atoms with Crippen LogP contribution in [-0.2, 0) is 32.3 Å². The maximum Gasteiger partial charge on any atom is 0.320 e. The molecule has 264 valence electrons. The summed E-state index contributed by atoms with van der Waals surface area (Å²) in [5.74, 6) is -0.951. The number of pyridine rings is 1. The number of piperidine rings is 2. The van der Waals surface area contributed by atoms with Crippen molar-refractivity contribution < 1.29 is 33.2 Å². The highest BCUT2D eigenvalue weighted by atomic mass is 35.5. The van der Waals surface area contributed by atoms with Gasteiger partial charge < -0.3 is 28.9 Å². The molecule has 6 heterocycles. The molecule has 2 fully saturated rings. The third kappa shape index (κ3) is 6.58. The van der Waals surface area contributed by atoms with Gasteiger partial charge in [0.15, 0.2) is 11.6 Å². The number of Topliss-reactive ketones (excluding diaryl/α,β-unsaturated/α-hetero) is 2. The van der Waals surface area contributed by atoms with Crippen LogP contribution in [0, 0.1) is 17.7 Å². The number of amides is 3. The van der Waals surface area contributed by atoms with Crippen molar-refractivity contribution >= 4 is 74.8 Å². The molecule has 3 amide bonds. The van der Waals surface area contributed by atoms with E-state index in [1.54, 1.807) is 31.5 Å². The Morgan fingerprint density at radius 2 is 1.51 bits per heavy atom. The molecule has 14 heteroatoms. The number of carbonyl (C=O) groups is 6. The summed E-state index contributed by atoms with van der Waals surface area (Å²) >= 11 is 5.25. The van der Waals surface area contributed by atoms with E-state index in [0.717, 1.165) is 30.9 Å². The molecule has 12 nitrogen and oxygen atoms in total. The van der Waals surface area contributed by atoms with Gasteiger partial charge >= 0.3 is 11.4 Å². The fourth-order valence-electron chi connectivity index (χ4n) is 7.58. The second-order valence-corrected chi connectivity index (χ2v) is 13.7. The smallest absolute Gasteiger partial charge is 0.320 e. The Hall–Kier alpha value is -5.17. The van der Waals surface area contributed by atoms with Crippen molar-refractivity contribution in [2.75, 3.05) is 32.7 Å². The Labute approximate surface area is 297 Å². The number of aldehydes is 2. The number of carbonyl (C=O) groups excluding carboxylic acids is 6. The summed E-state index contributed by atoms with van der Waals surface area (Å²) in [5.41, 5.74) is 3.67. The fraction of sp³-hybridized carbons (Fsp3) is 0.378. The SMILES string of the molecule is O=CC1CCN(C(=O)Cl)CC1.O=CC1CCN(C(=O)N2CCn3cc(C4=C(c5cnc6ccccn56)C(=O)CC4=O)c4cc(F)cc(c43)C2)CC1. The molecule has 4 aliphatic rings. The Balaban J connectivity index is 0.000000318. The van der Waals surface area contributed by atoms with E-state index in [2.05, 4.69) is 4.98 Å². The zero-order valence-electron chi connectivity index (χ0n) is 27.8. The minimum atomic E-state index is -0.476. The number of urea groups is 1. The third-order valence-corrected chi connectivity index (χ3v) is 10.6. The molecule has 1 aromatic carbocycles. The average Bonchev–Trinajstić information content (AvgIpc) is 3.77. The lowest BCUT2D eigenvalue weighted by Gasteiger charge is -2.34. The molecule has 2 saturated heterocycles. The van der Waals surface area contributed by atoms with Gasteiger partial charge in [-0.1, -0.05) is 6.07 Å². The van der Waals surface area contributed by atoms with E-state index in [1.165, 1.54) is 12.1 Å². The van der Waals surface area contributed by atoms with E-state index in [-0.39, 0.29) is 48.0 Å². The summed E-state index contributed by atoms with van der Waals surface area (Å²) in [5, 5.41) is 0.134. The van der Waals surface area contributed by atoms with Gasteiger partial charge in [0.2, 0.25) is 0 Å². The number of fused-ring (bicyclic) bond motifs is 1. The predicted molar refractivity (Wildman–Crippen MR) is 186 cm³/mol. The number of halogens is 2. The molecule has 0 bridgehead atoms. The number of hydrogen-bond donors (Lipinski definition) is 0. The Bertz CT molecular complexity index is 2110. The molecule has 1 aliphatic carbocycles. The van der Waals surface area contributed by atoms with Crippen molar-refractivity contribution in [3.8, 4) is 0 Å². The normalized spacial score (nSPS) is 18.7. The molecular weight excluding hydrogens is 679 g/mol. The van der Waals surface area contributed by atoms with Gasteiger partial charge in [0.05, 0.1) is 29.4 Å². The van der Waals surface area contributed by atoms with Crippen molar-refractivity contribution in [3.63, 3.8) is 0 Å². The lowest BCUT2D eigenvalue weighted by atomic mass is 9.97. The maximum absolute atomic E-state index is 15.1. The van der Waals surface area contributed by atoms with Crippen LogP contribution in [-0.4, -0.2) is 96.9 Å². The topological polar surface area (TPSA) is 134 Å². The largest absolute Gasteiger partial charge is 0.345 e. The molecule has 51 heavy (non-hydrogen) atoms. The second kappa shape index (κ2) is 14.2. The maximum atomic E-state index is 15.1. The lowest BCUT2D eigenvalue weighted by Crippen LogP contribution is -2.47. The van der Waals surface area contributed by atoms with Crippen LogP contribution in [0.5, 0.6) is 0 Å². The van der Waals surface area contributed by atoms with E-state index in [1.807, 2.05) is 29.0 Å². The molecule has 0 atom stereocenters. The van der Waals surface area contributed by atoms with Gasteiger partial charge in [0.1, 0.15) is 24.0 Å². The fourth-order valence-corrected chi connectivity index (χ4v) is 7.74. The molecule has 0 N–H and O–H groups in total. The minimum Gasteiger partial charge on any atom is -0.345 e. The van der Waals surface area contributed by atoms with Crippen LogP contribution in [0.15, 0.2) is 48.9 Å². The number of rotatable bonds is 4. The number of hydrogen-bond acceptors (Lipinski definition) is 7. The molecule has 0 radical (unpaired) electrons. The number of allylic oxidation sites excluding steroid dienone is 2. The summed E-state index contributed by atoms with van der Waals surface area (Å²) in [7, 11) is 0. The van der Waals surface area contributed by atoms with Crippen LogP contribution < -0.4 is 0 Å². The van der Waals surface area contributed by atoms with Crippen LogP contribution in [0.4, 0.5) is 14.0 Å². The van der Waals surface area contributed by atoms with Crippen molar-refractivity contribution in [2.24, 2.45) is 11.8 Å². The Morgan fingerprint density at radius 3 is 2.18 bits per heavy atom. The van der Waals surface area contributed by atoms with E-state index in [4.69, 9.17) is 11.6 Å². The standard InChI is InChI=1S/C30H26FN5O4.C7H10ClNO2/c31-20-11-19-15-35(30(40)33-7-4-18(17-37)5-8-33)10-9-34-16-22(21(12-20)29(19)34)27-24(38)13-25(39)28(27)23-14-32-26-3-1-2-6-36(23)26;8-7(11)9-3-1-6(5-10)2-4-9/h1-3,6,11-12,14,16-18H,4-5,7-10,13,15H2;5-6H,1-4H2. The first-order chi connectivity index (χ1) is 24.7. The highest BCUT2D eigenvalue weighted by molar-refractivity contribution is 6.62. The van der Waals surface area contributed by atoms with Gasteiger partial charge in [-0.25, -0.2) is 14.2 Å². The van der Waals surface area contributed by atoms with Crippen molar-refractivity contribution in [2.45, 2.75) is 45.2 Å². The second-order valence-electron chi connectivity index (χ2n) is 13.4. The quantitative estimate of drug-likeness (QED) is 0.126. The summed E-state index contributed by atoms with van der Waals surface area (Å²) in [4.78, 5) is 81.3. The van der Waals surface area contributed by atoms with Crippen LogP contribution in [0.1, 0.15) is 48.9 Å². The molecule has 3 aromatic heterocycles. The zero-order valence-corrected chi connectivity index (χ0v) is 28.6. The van der Waals surface area contributed by atoms with Crippen molar-refractivity contribution in [1.82, 2.24) is 28.7 Å². The van der Waals surface area contributed by atoms with Crippen LogP contribution in [0.25, 0.3) is 27.7 Å². The predicted octanol–water partition coefficient (Wildman–Crippen LogP) is 4.98. The first kappa shape index (κ1) is 34.3. The molecule has 3 aliphatic heterocycles. The Kier molecular flexibility index (Phi) is 9.56. The zero-order chi connectivity index (χ0) is 35.8. The highest BCUT2D eigenvalue weighted by Crippen LogP contribution is 2.41. The molecule has 4 aromatic rings. The summed E-state index contributed by atoms with van der Waals surface area (Å²) in [6, 6.07) is 8.22. The first-order valence-electron chi connectivity index (χ1n) is 17.1. The number of likely N-dealkylation sites (tertiary alicyclic amines) is 2. The number of nitrogens with zero attached hydrogens (tertiary/aromatic N) is 6. The van der Waals surface area contributed by atoms with Crippen molar-refractivity contribution in [1.29, 1.82) is 0 Å². The van der Waals surface area contributed by atoms with Crippen LogP contribution in [0.2, 0.25) is 0 Å². The van der Waals surface area contributed by atoms with Crippen LogP contribution >= 0.6 is 11.6 Å². The number of benzene rings is 1. The molecule has 0 spiro atoms. The van der Waals surface area contributed by atoms with Crippen LogP contribution in [0.3, 0.4) is 0 Å². The number of aromatic nitrogens is 3. The molecule has 0 unspecified atom stereocenters. The number of ketones is 2. The van der Waals surface area contributed by atoms with E-state index < -0.39 is 11.2 Å². The molecule has 0 saturated carbocycles. The summed E-state index contributed by atoms with van der Waals surface area (Å²) < 4.78 is 18.8. The molecular formula is C37H36ClFN6O6.